The van der Waals surface area contributed by atoms with Crippen molar-refractivity contribution in [2.24, 2.45) is 0 Å². The van der Waals surface area contributed by atoms with Crippen molar-refractivity contribution in [2.45, 2.75) is 45.6 Å². The van der Waals surface area contributed by atoms with Gasteiger partial charge in [-0.15, -0.1) is 0 Å². The number of nitrogens with one attached hydrogen (secondary N) is 2. The summed E-state index contributed by atoms with van der Waals surface area (Å²) in [5.41, 5.74) is 4.39. The average molecular weight is 527 g/mol. The lowest BCUT2D eigenvalue weighted by Crippen LogP contribution is -2.26. The summed E-state index contributed by atoms with van der Waals surface area (Å²) in [4.78, 5) is 28.4. The number of anilines is 1. The highest BCUT2D eigenvalue weighted by Gasteiger charge is 2.15. The molecule has 0 saturated heterocycles. The van der Waals surface area contributed by atoms with Crippen LogP contribution in [-0.2, 0) is 9.53 Å². The average Bonchev–Trinajstić information content (AvgIpc) is 3.47. The molecular weight excluding hydrogens is 492 g/mol. The smallest absolute Gasteiger partial charge is 0.307 e. The molecule has 0 unspecified atom stereocenters. The second kappa shape index (κ2) is 13.9. The molecule has 0 bridgehead atoms. The maximum Gasteiger partial charge on any atom is 0.307 e. The van der Waals surface area contributed by atoms with Crippen LogP contribution in [0.2, 0.25) is 0 Å². The van der Waals surface area contributed by atoms with E-state index < -0.39 is 0 Å². The van der Waals surface area contributed by atoms with E-state index >= 15 is 0 Å². The quantitative estimate of drug-likeness (QED) is 0.193. The first-order valence-corrected chi connectivity index (χ1v) is 13.4. The van der Waals surface area contributed by atoms with Crippen LogP contribution >= 0.6 is 0 Å². The number of esters is 1. The monoisotopic (exact) mass is 526 g/mol. The molecule has 1 aromatic heterocycles. The number of rotatable bonds is 13. The molecule has 3 aromatic carbocycles. The number of benzene rings is 3. The van der Waals surface area contributed by atoms with Crippen LogP contribution in [0.5, 0.6) is 0 Å². The zero-order chi connectivity index (χ0) is 27.5. The number of hydrogen-bond acceptors (Lipinski definition) is 7. The summed E-state index contributed by atoms with van der Waals surface area (Å²) in [5.74, 6) is 0.501. The summed E-state index contributed by atoms with van der Waals surface area (Å²) in [5, 5.41) is 10.5. The van der Waals surface area contributed by atoms with E-state index in [1.807, 2.05) is 54.6 Å². The van der Waals surface area contributed by atoms with Crippen LogP contribution in [0.1, 0.15) is 61.5 Å². The third-order valence-electron chi connectivity index (χ3n) is 6.27. The molecule has 0 aliphatic rings. The highest BCUT2D eigenvalue weighted by molar-refractivity contribution is 5.94. The molecule has 0 radical (unpaired) electrons. The van der Waals surface area contributed by atoms with Crippen LogP contribution in [0.3, 0.4) is 0 Å². The van der Waals surface area contributed by atoms with Gasteiger partial charge in [0.2, 0.25) is 5.82 Å². The van der Waals surface area contributed by atoms with E-state index in [0.717, 1.165) is 41.6 Å². The van der Waals surface area contributed by atoms with Crippen molar-refractivity contribution in [2.75, 3.05) is 18.5 Å². The summed E-state index contributed by atoms with van der Waals surface area (Å²) >= 11 is 0. The molecule has 202 valence electrons. The van der Waals surface area contributed by atoms with Gasteiger partial charge in [0, 0.05) is 28.9 Å². The van der Waals surface area contributed by atoms with E-state index in [2.05, 4.69) is 39.8 Å². The van der Waals surface area contributed by atoms with Gasteiger partial charge in [0.15, 0.2) is 0 Å². The number of amides is 1. The molecule has 4 rings (SSSR count). The number of nitrogens with zero attached hydrogens (tertiary/aromatic N) is 2. The molecule has 2 N–H and O–H groups in total. The van der Waals surface area contributed by atoms with Gasteiger partial charge in [0.05, 0.1) is 19.1 Å². The Hall–Kier alpha value is -4.46. The Morgan fingerprint density at radius 2 is 1.67 bits per heavy atom. The molecule has 1 amide bonds. The minimum Gasteiger partial charge on any atom is -0.466 e. The van der Waals surface area contributed by atoms with E-state index in [0.29, 0.717) is 23.9 Å². The SMILES string of the molecule is CCCC[C@@H](Nc1ccc(C(=O)NCCC(=O)OCC)cc1)c1ccc(-c2noc(-c3ccccc3)n2)cc1. The van der Waals surface area contributed by atoms with Gasteiger partial charge in [-0.3, -0.25) is 9.59 Å². The van der Waals surface area contributed by atoms with Crippen LogP contribution in [-0.4, -0.2) is 35.2 Å². The molecule has 4 aromatic rings. The molecule has 1 atom stereocenters. The number of carbonyl (C=O) groups excluding carboxylic acids is 2. The van der Waals surface area contributed by atoms with Crippen molar-refractivity contribution in [1.29, 1.82) is 0 Å². The normalized spacial score (nSPS) is 11.5. The highest BCUT2D eigenvalue weighted by Crippen LogP contribution is 2.28. The zero-order valence-electron chi connectivity index (χ0n) is 22.4. The van der Waals surface area contributed by atoms with E-state index in [1.165, 1.54) is 0 Å². The second-order valence-electron chi connectivity index (χ2n) is 9.14. The van der Waals surface area contributed by atoms with Crippen LogP contribution in [0, 0.1) is 0 Å². The maximum absolute atomic E-state index is 12.4. The predicted octanol–water partition coefficient (Wildman–Crippen LogP) is 6.43. The fourth-order valence-corrected chi connectivity index (χ4v) is 4.17. The van der Waals surface area contributed by atoms with Gasteiger partial charge in [-0.05, 0) is 55.3 Å². The molecule has 0 saturated carbocycles. The third-order valence-corrected chi connectivity index (χ3v) is 6.27. The lowest BCUT2D eigenvalue weighted by Gasteiger charge is -2.21. The summed E-state index contributed by atoms with van der Waals surface area (Å²) in [6.07, 6.45) is 3.28. The van der Waals surface area contributed by atoms with Crippen molar-refractivity contribution in [1.82, 2.24) is 15.5 Å². The maximum atomic E-state index is 12.4. The van der Waals surface area contributed by atoms with Crippen LogP contribution in [0.15, 0.2) is 83.4 Å². The standard InChI is InChI=1S/C31H34N4O4/c1-3-5-11-27(33-26-18-16-24(17-19-26)30(37)32-21-20-28(36)38-4-2)22-12-14-23(15-13-22)29-34-31(39-35-29)25-9-7-6-8-10-25/h6-10,12-19,27,33H,3-5,11,20-21H2,1-2H3,(H,32,37)/t27-/m1/s1. The Labute approximate surface area is 228 Å². The molecule has 8 nitrogen and oxygen atoms in total. The van der Waals surface area contributed by atoms with E-state index in [4.69, 9.17) is 9.26 Å². The molecule has 0 fully saturated rings. The van der Waals surface area contributed by atoms with E-state index in [1.54, 1.807) is 19.1 Å². The van der Waals surface area contributed by atoms with Crippen LogP contribution in [0.25, 0.3) is 22.8 Å². The fourth-order valence-electron chi connectivity index (χ4n) is 4.17. The van der Waals surface area contributed by atoms with Gasteiger partial charge < -0.3 is 19.9 Å². The number of aromatic nitrogens is 2. The molecular formula is C31H34N4O4. The number of hydrogen-bond donors (Lipinski definition) is 2. The van der Waals surface area contributed by atoms with Gasteiger partial charge in [0.25, 0.3) is 11.8 Å². The molecule has 0 aliphatic heterocycles. The Kier molecular flexibility index (Phi) is 9.83. The number of unbranched alkanes of at least 4 members (excludes halogenated alkanes) is 1. The lowest BCUT2D eigenvalue weighted by molar-refractivity contribution is -0.142. The second-order valence-corrected chi connectivity index (χ2v) is 9.14. The van der Waals surface area contributed by atoms with Crippen molar-refractivity contribution in [3.05, 3.63) is 90.0 Å². The van der Waals surface area contributed by atoms with E-state index in [9.17, 15) is 9.59 Å². The van der Waals surface area contributed by atoms with Crippen molar-refractivity contribution >= 4 is 17.6 Å². The molecule has 0 spiro atoms. The van der Waals surface area contributed by atoms with Crippen LogP contribution in [0.4, 0.5) is 5.69 Å². The Morgan fingerprint density at radius 3 is 2.36 bits per heavy atom. The minimum absolute atomic E-state index is 0.105. The molecule has 39 heavy (non-hydrogen) atoms. The number of carbonyl (C=O) groups is 2. The summed E-state index contributed by atoms with van der Waals surface area (Å²) in [7, 11) is 0. The van der Waals surface area contributed by atoms with Gasteiger partial charge in [0.1, 0.15) is 0 Å². The number of ether oxygens (including phenoxy) is 1. The molecule has 1 heterocycles. The van der Waals surface area contributed by atoms with Gasteiger partial charge in [-0.2, -0.15) is 4.98 Å². The van der Waals surface area contributed by atoms with Crippen molar-refractivity contribution in [3.8, 4) is 22.8 Å². The first kappa shape index (κ1) is 27.6. The zero-order valence-corrected chi connectivity index (χ0v) is 22.4. The predicted molar refractivity (Wildman–Crippen MR) is 151 cm³/mol. The van der Waals surface area contributed by atoms with Gasteiger partial charge >= 0.3 is 5.97 Å². The van der Waals surface area contributed by atoms with Crippen molar-refractivity contribution in [3.63, 3.8) is 0 Å². The Bertz CT molecular complexity index is 1340. The first-order chi connectivity index (χ1) is 19.1. The minimum atomic E-state index is -0.322. The molecule has 8 heteroatoms. The Balaban J connectivity index is 1.39. The first-order valence-electron chi connectivity index (χ1n) is 13.4. The molecule has 0 aliphatic carbocycles. The van der Waals surface area contributed by atoms with Gasteiger partial charge in [-0.25, -0.2) is 0 Å². The third kappa shape index (κ3) is 7.77. The Morgan fingerprint density at radius 1 is 0.923 bits per heavy atom. The summed E-state index contributed by atoms with van der Waals surface area (Å²) < 4.78 is 10.3. The summed E-state index contributed by atoms with van der Waals surface area (Å²) in [6, 6.07) is 25.4. The largest absolute Gasteiger partial charge is 0.466 e. The topological polar surface area (TPSA) is 106 Å². The van der Waals surface area contributed by atoms with Gasteiger partial charge in [-0.1, -0.05) is 67.4 Å². The fraction of sp³-hybridized carbons (Fsp3) is 0.290. The lowest BCUT2D eigenvalue weighted by atomic mass is 9.99. The highest BCUT2D eigenvalue weighted by atomic mass is 16.5. The van der Waals surface area contributed by atoms with Crippen LogP contribution < -0.4 is 10.6 Å². The summed E-state index contributed by atoms with van der Waals surface area (Å²) in [6.45, 7) is 4.50. The van der Waals surface area contributed by atoms with E-state index in [-0.39, 0.29) is 30.9 Å². The van der Waals surface area contributed by atoms with Crippen molar-refractivity contribution < 1.29 is 18.8 Å².